The molecule has 0 aliphatic carbocycles. The van der Waals surface area contributed by atoms with Crippen molar-refractivity contribution < 1.29 is 0 Å². The number of hydrogen-bond acceptors (Lipinski definition) is 3. The first kappa shape index (κ1) is 14.9. The van der Waals surface area contributed by atoms with Gasteiger partial charge in [-0.2, -0.15) is 0 Å². The molecule has 1 fully saturated rings. The van der Waals surface area contributed by atoms with E-state index >= 15 is 0 Å². The Morgan fingerprint density at radius 1 is 1.41 bits per heavy atom. The molecule has 0 saturated carbocycles. The third kappa shape index (κ3) is 4.94. The Kier molecular flexibility index (Phi) is 6.45. The average Bonchev–Trinajstić information content (AvgIpc) is 2.34. The fraction of sp³-hybridized carbons (Fsp3) is 1.00. The predicted octanol–water partition coefficient (Wildman–Crippen LogP) is 1.79. The molecule has 0 aromatic carbocycles. The highest BCUT2D eigenvalue weighted by molar-refractivity contribution is 4.81. The van der Waals surface area contributed by atoms with Gasteiger partial charge in [0.15, 0.2) is 0 Å². The lowest BCUT2D eigenvalue weighted by molar-refractivity contribution is 0.103. The summed E-state index contributed by atoms with van der Waals surface area (Å²) in [5.74, 6) is 0. The van der Waals surface area contributed by atoms with Gasteiger partial charge in [-0.3, -0.25) is 4.90 Å². The first-order chi connectivity index (χ1) is 8.04. The highest BCUT2D eigenvalue weighted by Gasteiger charge is 2.24. The second kappa shape index (κ2) is 7.34. The van der Waals surface area contributed by atoms with Gasteiger partial charge >= 0.3 is 0 Å². The van der Waals surface area contributed by atoms with Crippen molar-refractivity contribution in [3.8, 4) is 0 Å². The normalized spacial score (nSPS) is 26.1. The minimum absolute atomic E-state index is 0.625. The van der Waals surface area contributed by atoms with Crippen LogP contribution in [-0.4, -0.2) is 61.7 Å². The molecule has 1 saturated heterocycles. The molecule has 102 valence electrons. The number of nitrogens with one attached hydrogen (secondary N) is 1. The Labute approximate surface area is 108 Å². The number of rotatable bonds is 6. The summed E-state index contributed by atoms with van der Waals surface area (Å²) in [6.07, 6.45) is 3.91. The van der Waals surface area contributed by atoms with E-state index in [0.717, 1.165) is 12.6 Å². The summed E-state index contributed by atoms with van der Waals surface area (Å²) in [6, 6.07) is 2.00. The van der Waals surface area contributed by atoms with E-state index in [1.165, 1.54) is 32.4 Å². The van der Waals surface area contributed by atoms with Gasteiger partial charge in [0.25, 0.3) is 0 Å². The summed E-state index contributed by atoms with van der Waals surface area (Å²) in [4.78, 5) is 5.02. The minimum Gasteiger partial charge on any atom is -0.313 e. The lowest BCUT2D eigenvalue weighted by Gasteiger charge is -2.39. The van der Waals surface area contributed by atoms with Crippen molar-refractivity contribution >= 4 is 0 Å². The van der Waals surface area contributed by atoms with Crippen LogP contribution in [-0.2, 0) is 0 Å². The zero-order valence-corrected chi connectivity index (χ0v) is 12.4. The standard InChI is InChI=1S/C14H31N3/c1-6-12(2)15-10-13(3)17(5)14-8-7-9-16(4)11-14/h12-15H,6-11H2,1-5H3. The molecule has 0 radical (unpaired) electrons. The van der Waals surface area contributed by atoms with Gasteiger partial charge in [-0.1, -0.05) is 6.92 Å². The summed E-state index contributed by atoms with van der Waals surface area (Å²) < 4.78 is 0. The number of hydrogen-bond donors (Lipinski definition) is 1. The first-order valence-electron chi connectivity index (χ1n) is 7.18. The summed E-state index contributed by atoms with van der Waals surface area (Å²) in [5.41, 5.74) is 0. The van der Waals surface area contributed by atoms with Crippen LogP contribution in [0.2, 0.25) is 0 Å². The van der Waals surface area contributed by atoms with Gasteiger partial charge in [0.05, 0.1) is 0 Å². The van der Waals surface area contributed by atoms with Crippen LogP contribution >= 0.6 is 0 Å². The van der Waals surface area contributed by atoms with Gasteiger partial charge in [0, 0.05) is 31.2 Å². The molecule has 0 bridgehead atoms. The van der Waals surface area contributed by atoms with Gasteiger partial charge in [0.1, 0.15) is 0 Å². The molecule has 1 rings (SSSR count). The van der Waals surface area contributed by atoms with Gasteiger partial charge in [-0.25, -0.2) is 0 Å². The molecule has 1 N–H and O–H groups in total. The Balaban J connectivity index is 2.32. The van der Waals surface area contributed by atoms with Crippen molar-refractivity contribution in [2.75, 3.05) is 33.7 Å². The summed E-state index contributed by atoms with van der Waals surface area (Å²) in [7, 11) is 4.52. The topological polar surface area (TPSA) is 18.5 Å². The molecule has 0 aromatic heterocycles. The van der Waals surface area contributed by atoms with E-state index in [9.17, 15) is 0 Å². The maximum Gasteiger partial charge on any atom is 0.0223 e. The van der Waals surface area contributed by atoms with E-state index in [2.05, 4.69) is 50.0 Å². The van der Waals surface area contributed by atoms with E-state index in [0.29, 0.717) is 12.1 Å². The molecule has 1 aliphatic heterocycles. The fourth-order valence-corrected chi connectivity index (χ4v) is 2.49. The van der Waals surface area contributed by atoms with Crippen molar-refractivity contribution in [1.29, 1.82) is 0 Å². The largest absolute Gasteiger partial charge is 0.313 e. The van der Waals surface area contributed by atoms with Crippen molar-refractivity contribution in [3.05, 3.63) is 0 Å². The summed E-state index contributed by atoms with van der Waals surface area (Å²) >= 11 is 0. The Hall–Kier alpha value is -0.120. The van der Waals surface area contributed by atoms with Crippen LogP contribution in [0.4, 0.5) is 0 Å². The van der Waals surface area contributed by atoms with Crippen molar-refractivity contribution in [1.82, 2.24) is 15.1 Å². The van der Waals surface area contributed by atoms with Crippen LogP contribution in [0, 0.1) is 0 Å². The quantitative estimate of drug-likeness (QED) is 0.765. The predicted molar refractivity (Wildman–Crippen MR) is 75.5 cm³/mol. The Morgan fingerprint density at radius 3 is 2.71 bits per heavy atom. The molecule has 3 heteroatoms. The summed E-state index contributed by atoms with van der Waals surface area (Å²) in [5, 5.41) is 3.61. The molecular formula is C14H31N3. The zero-order chi connectivity index (χ0) is 12.8. The molecule has 3 nitrogen and oxygen atoms in total. The second-order valence-electron chi connectivity index (χ2n) is 5.79. The maximum absolute atomic E-state index is 3.61. The lowest BCUT2D eigenvalue weighted by atomic mass is 10.0. The van der Waals surface area contributed by atoms with E-state index in [1.54, 1.807) is 0 Å². The molecule has 1 aliphatic rings. The number of likely N-dealkylation sites (N-methyl/N-ethyl adjacent to an activating group) is 2. The van der Waals surface area contributed by atoms with E-state index < -0.39 is 0 Å². The number of likely N-dealkylation sites (tertiary alicyclic amines) is 1. The molecule has 1 heterocycles. The molecule has 3 unspecified atom stereocenters. The van der Waals surface area contributed by atoms with Crippen LogP contribution in [0.25, 0.3) is 0 Å². The van der Waals surface area contributed by atoms with E-state index in [-0.39, 0.29) is 0 Å². The number of piperidine rings is 1. The third-order valence-electron chi connectivity index (χ3n) is 4.24. The molecule has 0 amide bonds. The average molecular weight is 241 g/mol. The first-order valence-corrected chi connectivity index (χ1v) is 7.18. The van der Waals surface area contributed by atoms with Crippen LogP contribution in [0.5, 0.6) is 0 Å². The van der Waals surface area contributed by atoms with Crippen LogP contribution in [0.1, 0.15) is 40.0 Å². The molecule has 17 heavy (non-hydrogen) atoms. The maximum atomic E-state index is 3.61. The minimum atomic E-state index is 0.625. The van der Waals surface area contributed by atoms with Gasteiger partial charge in [0.2, 0.25) is 0 Å². The fourth-order valence-electron chi connectivity index (χ4n) is 2.49. The van der Waals surface area contributed by atoms with Gasteiger partial charge in [-0.15, -0.1) is 0 Å². The number of nitrogens with zero attached hydrogens (tertiary/aromatic N) is 2. The van der Waals surface area contributed by atoms with Crippen LogP contribution < -0.4 is 5.32 Å². The zero-order valence-electron chi connectivity index (χ0n) is 12.4. The summed E-state index contributed by atoms with van der Waals surface area (Å²) in [6.45, 7) is 10.4. The highest BCUT2D eigenvalue weighted by Crippen LogP contribution is 2.15. The Morgan fingerprint density at radius 2 is 2.12 bits per heavy atom. The lowest BCUT2D eigenvalue weighted by Crippen LogP contribution is -2.51. The SMILES string of the molecule is CCC(C)NCC(C)N(C)C1CCCN(C)C1. The monoisotopic (exact) mass is 241 g/mol. The molecule has 0 aromatic rings. The molecular weight excluding hydrogens is 210 g/mol. The van der Waals surface area contributed by atoms with Crippen molar-refractivity contribution in [2.45, 2.75) is 58.2 Å². The third-order valence-corrected chi connectivity index (χ3v) is 4.24. The van der Waals surface area contributed by atoms with E-state index in [4.69, 9.17) is 0 Å². The molecule has 3 atom stereocenters. The van der Waals surface area contributed by atoms with Crippen LogP contribution in [0.3, 0.4) is 0 Å². The van der Waals surface area contributed by atoms with Crippen LogP contribution in [0.15, 0.2) is 0 Å². The second-order valence-corrected chi connectivity index (χ2v) is 5.79. The van der Waals surface area contributed by atoms with Crippen molar-refractivity contribution in [3.63, 3.8) is 0 Å². The Bertz CT molecular complexity index is 208. The van der Waals surface area contributed by atoms with Crippen molar-refractivity contribution in [2.24, 2.45) is 0 Å². The smallest absolute Gasteiger partial charge is 0.0223 e. The van der Waals surface area contributed by atoms with E-state index in [1.807, 2.05) is 0 Å². The molecule has 0 spiro atoms. The highest BCUT2D eigenvalue weighted by atomic mass is 15.2. The van der Waals surface area contributed by atoms with Gasteiger partial charge < -0.3 is 10.2 Å². The van der Waals surface area contributed by atoms with Gasteiger partial charge in [-0.05, 0) is 53.8 Å².